The van der Waals surface area contributed by atoms with Crippen LogP contribution in [0.1, 0.15) is 32.6 Å². The van der Waals surface area contributed by atoms with E-state index in [0.29, 0.717) is 0 Å². The van der Waals surface area contributed by atoms with Gasteiger partial charge in [-0.05, 0) is 25.7 Å². The molecule has 0 spiro atoms. The lowest BCUT2D eigenvalue weighted by atomic mass is 10.0. The van der Waals surface area contributed by atoms with Gasteiger partial charge in [-0.3, -0.25) is 0 Å². The Balaban J connectivity index is 2.13. The maximum absolute atomic E-state index is 2.49. The molecule has 1 rings (SSSR count). The van der Waals surface area contributed by atoms with Crippen molar-refractivity contribution in [2.24, 2.45) is 0 Å². The van der Waals surface area contributed by atoms with Gasteiger partial charge in [-0.2, -0.15) is 0 Å². The predicted octanol–water partition coefficient (Wildman–Crippen LogP) is 0.512. The summed E-state index contributed by atoms with van der Waals surface area (Å²) < 4.78 is 0. The average Bonchev–Trinajstić information content (AvgIpc) is 1.90. The van der Waals surface area contributed by atoms with E-state index in [2.05, 4.69) is 12.2 Å². The lowest BCUT2D eigenvalue weighted by Crippen LogP contribution is -2.91. The van der Waals surface area contributed by atoms with Crippen LogP contribution in [0.15, 0.2) is 0 Å². The largest absolute Gasteiger partial charge is 0.344 e. The minimum atomic E-state index is 0.962. The van der Waals surface area contributed by atoms with Crippen molar-refractivity contribution in [3.05, 3.63) is 0 Å². The first kappa shape index (κ1) is 6.09. The Morgan fingerprint density at radius 2 is 2.38 bits per heavy atom. The fourth-order valence-electron chi connectivity index (χ4n) is 1.39. The number of piperidine rings is 1. The summed E-state index contributed by atoms with van der Waals surface area (Å²) in [4.78, 5) is 0. The Kier molecular flexibility index (Phi) is 2.34. The van der Waals surface area contributed by atoms with Crippen molar-refractivity contribution >= 4 is 0 Å². The van der Waals surface area contributed by atoms with Crippen LogP contribution >= 0.6 is 0 Å². The van der Waals surface area contributed by atoms with E-state index in [1.807, 2.05) is 0 Å². The van der Waals surface area contributed by atoms with E-state index in [4.69, 9.17) is 0 Å². The summed E-state index contributed by atoms with van der Waals surface area (Å²) in [5, 5.41) is 2.49. The molecule has 48 valence electrons. The molecule has 2 N–H and O–H groups in total. The highest BCUT2D eigenvalue weighted by atomic mass is 14.9. The molecule has 1 heteroatoms. The highest BCUT2D eigenvalue weighted by Crippen LogP contribution is 2.02. The quantitative estimate of drug-likeness (QED) is 0.511. The Hall–Kier alpha value is -0.0400. The first-order chi connectivity index (χ1) is 3.93. The number of nitrogens with two attached hydrogens (primary N) is 1. The highest BCUT2D eigenvalue weighted by molar-refractivity contribution is 4.55. The molecule has 0 aromatic carbocycles. The molecule has 8 heavy (non-hydrogen) atoms. The second-order valence-corrected chi connectivity index (χ2v) is 2.69. The summed E-state index contributed by atoms with van der Waals surface area (Å²) in [5.74, 6) is 0. The summed E-state index contributed by atoms with van der Waals surface area (Å²) in [7, 11) is 0. The maximum Gasteiger partial charge on any atom is 0.0856 e. The van der Waals surface area contributed by atoms with Crippen LogP contribution in [-0.4, -0.2) is 12.6 Å². The molecule has 0 radical (unpaired) electrons. The lowest BCUT2D eigenvalue weighted by Gasteiger charge is -2.17. The first-order valence-electron chi connectivity index (χ1n) is 3.77. The van der Waals surface area contributed by atoms with Crippen molar-refractivity contribution in [3.63, 3.8) is 0 Å². The average molecular weight is 114 g/mol. The summed E-state index contributed by atoms with van der Waals surface area (Å²) in [6.45, 7) is 3.66. The number of quaternary nitrogens is 1. The smallest absolute Gasteiger partial charge is 0.0856 e. The van der Waals surface area contributed by atoms with Crippen molar-refractivity contribution in [2.45, 2.75) is 38.6 Å². The van der Waals surface area contributed by atoms with Crippen LogP contribution < -0.4 is 5.32 Å². The van der Waals surface area contributed by atoms with Crippen molar-refractivity contribution in [3.8, 4) is 0 Å². The van der Waals surface area contributed by atoms with E-state index in [1.165, 1.54) is 32.2 Å². The predicted molar refractivity (Wildman–Crippen MR) is 34.7 cm³/mol. The zero-order chi connectivity index (χ0) is 5.82. The molecule has 0 aromatic heterocycles. The standard InChI is InChI=1S/C7H15N/c1-2-7-5-3-4-6-8-7/h7-8H,2-6H2,1H3/p+1/t7-/m1/s1. The van der Waals surface area contributed by atoms with Gasteiger partial charge in [0.25, 0.3) is 0 Å². The minimum Gasteiger partial charge on any atom is -0.344 e. The third kappa shape index (κ3) is 1.48. The molecular formula is C7H16N+. The van der Waals surface area contributed by atoms with E-state index < -0.39 is 0 Å². The Bertz CT molecular complexity index is 55.4. The second kappa shape index (κ2) is 3.08. The molecule has 0 unspecified atom stereocenters. The molecule has 0 bridgehead atoms. The topological polar surface area (TPSA) is 16.6 Å². The third-order valence-corrected chi connectivity index (χ3v) is 2.05. The Labute approximate surface area is 51.5 Å². The van der Waals surface area contributed by atoms with Gasteiger partial charge >= 0.3 is 0 Å². The van der Waals surface area contributed by atoms with Crippen LogP contribution in [0.25, 0.3) is 0 Å². The molecule has 1 aliphatic rings. The van der Waals surface area contributed by atoms with Crippen LogP contribution in [0.5, 0.6) is 0 Å². The van der Waals surface area contributed by atoms with Crippen molar-refractivity contribution in [2.75, 3.05) is 6.54 Å². The maximum atomic E-state index is 2.49. The van der Waals surface area contributed by atoms with Gasteiger partial charge in [0.15, 0.2) is 0 Å². The van der Waals surface area contributed by atoms with Crippen LogP contribution in [0, 0.1) is 0 Å². The fraction of sp³-hybridized carbons (Fsp3) is 1.00. The zero-order valence-electron chi connectivity index (χ0n) is 5.69. The van der Waals surface area contributed by atoms with Gasteiger partial charge in [0.1, 0.15) is 0 Å². The Morgan fingerprint density at radius 3 is 2.75 bits per heavy atom. The molecule has 0 aromatic rings. The summed E-state index contributed by atoms with van der Waals surface area (Å²) >= 11 is 0. The third-order valence-electron chi connectivity index (χ3n) is 2.05. The molecule has 0 saturated carbocycles. The molecule has 1 fully saturated rings. The zero-order valence-corrected chi connectivity index (χ0v) is 5.69. The van der Waals surface area contributed by atoms with Crippen molar-refractivity contribution < 1.29 is 5.32 Å². The van der Waals surface area contributed by atoms with E-state index in [-0.39, 0.29) is 0 Å². The van der Waals surface area contributed by atoms with Crippen LogP contribution in [0.3, 0.4) is 0 Å². The van der Waals surface area contributed by atoms with E-state index in [0.717, 1.165) is 6.04 Å². The molecule has 0 aliphatic carbocycles. The van der Waals surface area contributed by atoms with Gasteiger partial charge in [0.2, 0.25) is 0 Å². The molecule has 1 saturated heterocycles. The van der Waals surface area contributed by atoms with Crippen LogP contribution in [-0.2, 0) is 0 Å². The molecule has 1 atom stereocenters. The lowest BCUT2D eigenvalue weighted by molar-refractivity contribution is -0.697. The molecular weight excluding hydrogens is 98.1 g/mol. The van der Waals surface area contributed by atoms with Gasteiger partial charge in [-0.1, -0.05) is 6.92 Å². The fourth-order valence-corrected chi connectivity index (χ4v) is 1.39. The van der Waals surface area contributed by atoms with E-state index >= 15 is 0 Å². The first-order valence-corrected chi connectivity index (χ1v) is 3.77. The SMILES string of the molecule is CC[C@@H]1CCCC[NH2+]1. The molecule has 1 nitrogen and oxygen atoms in total. The van der Waals surface area contributed by atoms with Gasteiger partial charge < -0.3 is 5.32 Å². The second-order valence-electron chi connectivity index (χ2n) is 2.69. The summed E-state index contributed by atoms with van der Waals surface area (Å²) in [6.07, 6.45) is 5.72. The van der Waals surface area contributed by atoms with Crippen molar-refractivity contribution in [1.29, 1.82) is 0 Å². The normalized spacial score (nSPS) is 30.4. The molecule has 1 heterocycles. The monoisotopic (exact) mass is 114 g/mol. The van der Waals surface area contributed by atoms with Gasteiger partial charge in [0.05, 0.1) is 12.6 Å². The van der Waals surface area contributed by atoms with E-state index in [9.17, 15) is 0 Å². The number of hydrogen-bond acceptors (Lipinski definition) is 0. The van der Waals surface area contributed by atoms with Gasteiger partial charge in [-0.25, -0.2) is 0 Å². The summed E-state index contributed by atoms with van der Waals surface area (Å²) in [5.41, 5.74) is 0. The molecule has 0 amide bonds. The minimum absolute atomic E-state index is 0.962. The van der Waals surface area contributed by atoms with Gasteiger partial charge in [-0.15, -0.1) is 0 Å². The van der Waals surface area contributed by atoms with Crippen LogP contribution in [0.4, 0.5) is 0 Å². The number of hydrogen-bond donors (Lipinski definition) is 1. The summed E-state index contributed by atoms with van der Waals surface area (Å²) in [6, 6.07) is 0.962. The number of rotatable bonds is 1. The van der Waals surface area contributed by atoms with Crippen molar-refractivity contribution in [1.82, 2.24) is 0 Å². The van der Waals surface area contributed by atoms with E-state index in [1.54, 1.807) is 0 Å². The Morgan fingerprint density at radius 1 is 1.50 bits per heavy atom. The van der Waals surface area contributed by atoms with Crippen LogP contribution in [0.2, 0.25) is 0 Å². The van der Waals surface area contributed by atoms with Gasteiger partial charge in [0, 0.05) is 0 Å². The molecule has 1 aliphatic heterocycles. The highest BCUT2D eigenvalue weighted by Gasteiger charge is 2.12.